The molecule has 2 aliphatic carbocycles. The summed E-state index contributed by atoms with van der Waals surface area (Å²) in [4.78, 5) is 48.9. The van der Waals surface area contributed by atoms with Crippen molar-refractivity contribution in [3.63, 3.8) is 0 Å². The van der Waals surface area contributed by atoms with E-state index in [9.17, 15) is 40.7 Å². The molecule has 1 aliphatic heterocycles. The number of ketones is 2. The maximum absolute atomic E-state index is 14.8. The molecular formula is C31H25F6N3O3. The highest BCUT2D eigenvalue weighted by molar-refractivity contribution is 6.00. The summed E-state index contributed by atoms with van der Waals surface area (Å²) in [5, 5.41) is 0. The van der Waals surface area contributed by atoms with Gasteiger partial charge in [-0.2, -0.15) is 13.2 Å². The summed E-state index contributed by atoms with van der Waals surface area (Å²) in [7, 11) is 0. The van der Waals surface area contributed by atoms with E-state index in [1.165, 1.54) is 13.1 Å². The van der Waals surface area contributed by atoms with Crippen LogP contribution in [0.3, 0.4) is 0 Å². The normalized spacial score (nSPS) is 24.9. The Morgan fingerprint density at radius 3 is 2.53 bits per heavy atom. The van der Waals surface area contributed by atoms with Crippen molar-refractivity contribution < 1.29 is 40.7 Å². The monoisotopic (exact) mass is 601 g/mol. The molecule has 1 amide bonds. The highest BCUT2D eigenvalue weighted by Crippen LogP contribution is 2.46. The molecule has 6 nitrogen and oxygen atoms in total. The number of hydrogen-bond acceptors (Lipinski definition) is 5. The Bertz CT molecular complexity index is 1670. The van der Waals surface area contributed by atoms with E-state index in [0.717, 1.165) is 5.56 Å². The van der Waals surface area contributed by atoms with Crippen molar-refractivity contribution in [2.45, 2.75) is 62.6 Å². The molecule has 0 N–H and O–H groups in total. The van der Waals surface area contributed by atoms with Gasteiger partial charge in [-0.3, -0.25) is 24.4 Å². The number of carbonyl (C=O) groups is 3. The molecule has 6 rings (SSSR count). The minimum absolute atomic E-state index is 0.00149. The maximum Gasteiger partial charge on any atom is 0.406 e. The SMILES string of the molecule is C[C@@H]1[C@H](c2c(F)ccc(F)c2F)C[C@H](CC(=O)c2cnc3c(c2)C[C@@]2(C3)C(=O)Cc3ncccc32)C(=O)N1CC(F)(F)F. The average molecular weight is 602 g/mol. The Hall–Kier alpha value is -4.09. The standard InChI is InChI=1S/C31H25F6N3O3/c1-15-19(27-21(32)4-5-22(33)28(27)34)8-16(29(43)40(15)14-31(35,36)37)9-25(41)18-7-17-11-30(12-24(17)39-13-18)20-3-2-6-38-23(20)10-26(30)42/h2-7,13,15-16,19H,8-12,14H2,1H3/t15-,16-,19-,30+/m1/s1. The molecule has 224 valence electrons. The smallest absolute Gasteiger partial charge is 0.330 e. The Morgan fingerprint density at radius 1 is 1.05 bits per heavy atom. The van der Waals surface area contributed by atoms with E-state index < -0.39 is 77.1 Å². The second kappa shape index (κ2) is 10.3. The highest BCUT2D eigenvalue weighted by atomic mass is 19.4. The van der Waals surface area contributed by atoms with E-state index in [1.54, 1.807) is 18.3 Å². The number of aromatic nitrogens is 2. The number of benzene rings is 1. The van der Waals surface area contributed by atoms with Crippen molar-refractivity contribution in [3.05, 3.63) is 93.8 Å². The molecule has 3 heterocycles. The van der Waals surface area contributed by atoms with Crippen LogP contribution >= 0.6 is 0 Å². The first kappa shape index (κ1) is 29.0. The fourth-order valence-corrected chi connectivity index (χ4v) is 6.98. The molecule has 1 spiro atoms. The van der Waals surface area contributed by atoms with E-state index >= 15 is 0 Å². The molecule has 0 saturated carbocycles. The van der Waals surface area contributed by atoms with Crippen molar-refractivity contribution in [3.8, 4) is 0 Å². The minimum Gasteiger partial charge on any atom is -0.330 e. The Morgan fingerprint density at radius 2 is 1.79 bits per heavy atom. The molecule has 4 atom stereocenters. The summed E-state index contributed by atoms with van der Waals surface area (Å²) in [6.45, 7) is -0.478. The molecule has 0 radical (unpaired) electrons. The van der Waals surface area contributed by atoms with Gasteiger partial charge in [0, 0.05) is 66.4 Å². The van der Waals surface area contributed by atoms with Gasteiger partial charge in [0.25, 0.3) is 0 Å². The number of fused-ring (bicyclic) bond motifs is 3. The number of carbonyl (C=O) groups excluding carboxylic acids is 3. The van der Waals surface area contributed by atoms with Crippen LogP contribution in [0.25, 0.3) is 0 Å². The predicted octanol–water partition coefficient (Wildman–Crippen LogP) is 5.21. The Balaban J connectivity index is 1.28. The first-order valence-corrected chi connectivity index (χ1v) is 13.8. The van der Waals surface area contributed by atoms with Crippen LogP contribution in [0, 0.1) is 23.4 Å². The third kappa shape index (κ3) is 4.90. The first-order chi connectivity index (χ1) is 20.3. The lowest BCUT2D eigenvalue weighted by Gasteiger charge is -2.43. The van der Waals surface area contributed by atoms with E-state index in [1.807, 2.05) is 6.07 Å². The van der Waals surface area contributed by atoms with Crippen LogP contribution < -0.4 is 0 Å². The summed E-state index contributed by atoms with van der Waals surface area (Å²) in [6.07, 6.45) is -1.99. The van der Waals surface area contributed by atoms with Crippen molar-refractivity contribution in [2.75, 3.05) is 6.54 Å². The fraction of sp³-hybridized carbons (Fsp3) is 0.387. The molecule has 3 aliphatic rings. The number of piperidine rings is 1. The van der Waals surface area contributed by atoms with Crippen molar-refractivity contribution >= 4 is 17.5 Å². The molecule has 12 heteroatoms. The lowest BCUT2D eigenvalue weighted by atomic mass is 9.76. The van der Waals surface area contributed by atoms with Crippen LogP contribution in [0.4, 0.5) is 26.3 Å². The summed E-state index contributed by atoms with van der Waals surface area (Å²) in [5.41, 5.74) is 1.33. The number of rotatable bonds is 5. The van der Waals surface area contributed by atoms with E-state index in [0.29, 0.717) is 46.8 Å². The third-order valence-corrected chi connectivity index (χ3v) is 9.09. The zero-order valence-corrected chi connectivity index (χ0v) is 22.9. The van der Waals surface area contributed by atoms with Crippen molar-refractivity contribution in [1.82, 2.24) is 14.9 Å². The quantitative estimate of drug-likeness (QED) is 0.228. The van der Waals surface area contributed by atoms with Crippen LogP contribution in [0.2, 0.25) is 0 Å². The molecule has 43 heavy (non-hydrogen) atoms. The number of Topliss-reactive ketones (excluding diaryl/α,β-unsaturated/α-hetero) is 2. The molecule has 2 aromatic heterocycles. The van der Waals surface area contributed by atoms with Gasteiger partial charge >= 0.3 is 6.18 Å². The summed E-state index contributed by atoms with van der Waals surface area (Å²) in [6, 6.07) is 5.11. The van der Waals surface area contributed by atoms with Gasteiger partial charge in [0.1, 0.15) is 18.1 Å². The second-order valence-electron chi connectivity index (χ2n) is 11.6. The average Bonchev–Trinajstić information content (AvgIpc) is 3.47. The zero-order chi connectivity index (χ0) is 30.8. The van der Waals surface area contributed by atoms with Gasteiger partial charge in [0.15, 0.2) is 17.4 Å². The van der Waals surface area contributed by atoms with Crippen LogP contribution in [0.5, 0.6) is 0 Å². The number of pyridine rings is 2. The second-order valence-corrected chi connectivity index (χ2v) is 11.6. The summed E-state index contributed by atoms with van der Waals surface area (Å²) < 4.78 is 83.9. The molecule has 0 unspecified atom stereocenters. The van der Waals surface area contributed by atoms with E-state index in [4.69, 9.17) is 0 Å². The number of nitrogens with zero attached hydrogens (tertiary/aromatic N) is 3. The number of hydrogen-bond donors (Lipinski definition) is 0. The minimum atomic E-state index is -4.83. The molecule has 0 bridgehead atoms. The van der Waals surface area contributed by atoms with Crippen LogP contribution in [-0.4, -0.2) is 51.1 Å². The maximum atomic E-state index is 14.8. The van der Waals surface area contributed by atoms with Crippen LogP contribution in [0.15, 0.2) is 42.7 Å². The van der Waals surface area contributed by atoms with Gasteiger partial charge < -0.3 is 4.90 Å². The Kier molecular flexibility index (Phi) is 6.93. The number of amides is 1. The first-order valence-electron chi connectivity index (χ1n) is 13.8. The number of alkyl halides is 3. The van der Waals surface area contributed by atoms with Crippen molar-refractivity contribution in [2.24, 2.45) is 5.92 Å². The molecule has 1 aromatic carbocycles. The van der Waals surface area contributed by atoms with Gasteiger partial charge in [-0.25, -0.2) is 13.2 Å². The summed E-state index contributed by atoms with van der Waals surface area (Å²) >= 11 is 0. The third-order valence-electron chi connectivity index (χ3n) is 9.09. The molecule has 1 fully saturated rings. The van der Waals surface area contributed by atoms with Crippen molar-refractivity contribution in [1.29, 1.82) is 0 Å². The fourth-order valence-electron chi connectivity index (χ4n) is 6.98. The van der Waals surface area contributed by atoms with Gasteiger partial charge in [0.2, 0.25) is 5.91 Å². The lowest BCUT2D eigenvalue weighted by Crippen LogP contribution is -2.54. The number of likely N-dealkylation sites (tertiary alicyclic amines) is 1. The van der Waals surface area contributed by atoms with Gasteiger partial charge in [-0.1, -0.05) is 6.07 Å². The predicted molar refractivity (Wildman–Crippen MR) is 140 cm³/mol. The molecule has 3 aromatic rings. The van der Waals surface area contributed by atoms with E-state index in [-0.39, 0.29) is 24.2 Å². The van der Waals surface area contributed by atoms with Crippen LogP contribution in [0.1, 0.15) is 64.1 Å². The van der Waals surface area contributed by atoms with Gasteiger partial charge in [0.05, 0.1) is 11.1 Å². The largest absolute Gasteiger partial charge is 0.406 e. The summed E-state index contributed by atoms with van der Waals surface area (Å²) in [5.74, 6) is -8.36. The Labute approximate surface area is 242 Å². The molecule has 1 saturated heterocycles. The number of halogens is 6. The zero-order valence-electron chi connectivity index (χ0n) is 22.9. The van der Waals surface area contributed by atoms with Crippen LogP contribution in [-0.2, 0) is 34.3 Å². The lowest BCUT2D eigenvalue weighted by molar-refractivity contribution is -0.172. The highest BCUT2D eigenvalue weighted by Gasteiger charge is 2.51. The topological polar surface area (TPSA) is 80.2 Å². The molecular weight excluding hydrogens is 576 g/mol. The van der Waals surface area contributed by atoms with Gasteiger partial charge in [-0.15, -0.1) is 0 Å². The van der Waals surface area contributed by atoms with E-state index in [2.05, 4.69) is 9.97 Å². The van der Waals surface area contributed by atoms with Gasteiger partial charge in [-0.05, 0) is 55.2 Å².